The van der Waals surface area contributed by atoms with Gasteiger partial charge >= 0.3 is 0 Å². The molecule has 1 atom stereocenters. The van der Waals surface area contributed by atoms with E-state index in [0.29, 0.717) is 10.5 Å². The third kappa shape index (κ3) is 2.10. The van der Waals surface area contributed by atoms with Crippen molar-refractivity contribution in [3.05, 3.63) is 0 Å². The third-order valence-electron chi connectivity index (χ3n) is 2.23. The van der Waals surface area contributed by atoms with Crippen LogP contribution in [0.1, 0.15) is 12.8 Å². The van der Waals surface area contributed by atoms with E-state index in [4.69, 9.17) is 0 Å². The fourth-order valence-electron chi connectivity index (χ4n) is 1.39. The first kappa shape index (κ1) is 8.28. The van der Waals surface area contributed by atoms with E-state index in [1.165, 1.54) is 25.9 Å². The van der Waals surface area contributed by atoms with Crippen LogP contribution in [-0.4, -0.2) is 42.4 Å². The predicted molar refractivity (Wildman–Crippen MR) is 51.2 cm³/mol. The summed E-state index contributed by atoms with van der Waals surface area (Å²) in [6.45, 7) is 2.55. The van der Waals surface area contributed by atoms with Gasteiger partial charge in [0.1, 0.15) is 0 Å². The molecule has 1 unspecified atom stereocenters. The zero-order chi connectivity index (χ0) is 7.56. The molecule has 0 aromatic heterocycles. The first-order valence-corrected chi connectivity index (χ1v) is 5.69. The van der Waals surface area contributed by atoms with Crippen molar-refractivity contribution >= 4 is 16.4 Å². The Labute approximate surface area is 66.3 Å². The zero-order valence-electron chi connectivity index (χ0n) is 6.97. The van der Waals surface area contributed by atoms with Gasteiger partial charge in [-0.25, -0.2) is 0 Å². The molecular weight excluding hydrogens is 142 g/mol. The molecule has 0 N–H and O–H groups in total. The summed E-state index contributed by atoms with van der Waals surface area (Å²) < 4.78 is 0. The van der Waals surface area contributed by atoms with E-state index in [0.717, 1.165) is 5.25 Å². The standard InChI is InChI=1S/C8H17NS/c1-9-6-4-8(5-7-9)10(2)3/h8H,2,4-7H2,1,3H3. The minimum atomic E-state index is 0.406. The SMILES string of the molecule is C=S(C)C1CCN(C)CC1. The summed E-state index contributed by atoms with van der Waals surface area (Å²) in [5.74, 6) is 4.10. The van der Waals surface area contributed by atoms with Crippen LogP contribution in [0.15, 0.2) is 0 Å². The van der Waals surface area contributed by atoms with Gasteiger partial charge in [-0.3, -0.25) is 0 Å². The van der Waals surface area contributed by atoms with Crippen molar-refractivity contribution < 1.29 is 0 Å². The molecule has 0 bridgehead atoms. The molecule has 1 fully saturated rings. The van der Waals surface area contributed by atoms with Crippen LogP contribution in [0.5, 0.6) is 0 Å². The van der Waals surface area contributed by atoms with Crippen LogP contribution in [-0.2, 0) is 0 Å². The molecule has 0 aliphatic carbocycles. The molecule has 2 heteroatoms. The molecular formula is C8H17NS. The van der Waals surface area contributed by atoms with Crippen LogP contribution in [0.2, 0.25) is 0 Å². The van der Waals surface area contributed by atoms with Gasteiger partial charge in [-0.15, -0.1) is 0 Å². The molecule has 60 valence electrons. The van der Waals surface area contributed by atoms with E-state index in [1.807, 2.05) is 0 Å². The van der Waals surface area contributed by atoms with E-state index in [2.05, 4.69) is 24.1 Å². The van der Waals surface area contributed by atoms with Crippen LogP contribution in [0.4, 0.5) is 0 Å². The first-order valence-electron chi connectivity index (χ1n) is 3.83. The summed E-state index contributed by atoms with van der Waals surface area (Å²) in [5.41, 5.74) is 0. The second kappa shape index (κ2) is 3.54. The molecule has 0 radical (unpaired) electrons. The molecule has 1 rings (SSSR count). The van der Waals surface area contributed by atoms with Gasteiger partial charge in [-0.05, 0) is 39.2 Å². The van der Waals surface area contributed by atoms with E-state index in [1.54, 1.807) is 0 Å². The number of rotatable bonds is 1. The normalized spacial score (nSPS) is 26.6. The number of likely N-dealkylation sites (tertiary alicyclic amines) is 1. The lowest BCUT2D eigenvalue weighted by atomic mass is 10.1. The maximum Gasteiger partial charge on any atom is 0.00136 e. The summed E-state index contributed by atoms with van der Waals surface area (Å²) in [4.78, 5) is 2.41. The average molecular weight is 159 g/mol. The molecule has 10 heavy (non-hydrogen) atoms. The van der Waals surface area contributed by atoms with Crippen LogP contribution in [0.3, 0.4) is 0 Å². The van der Waals surface area contributed by atoms with E-state index in [-0.39, 0.29) is 0 Å². The Morgan fingerprint density at radius 2 is 1.90 bits per heavy atom. The average Bonchev–Trinajstić information content (AvgIpc) is 1.88. The highest BCUT2D eigenvalue weighted by Crippen LogP contribution is 2.24. The molecule has 1 nitrogen and oxygen atoms in total. The fraction of sp³-hybridized carbons (Fsp3) is 0.875. The maximum atomic E-state index is 4.10. The molecule has 0 amide bonds. The molecule has 0 saturated carbocycles. The lowest BCUT2D eigenvalue weighted by molar-refractivity contribution is 0.282. The fourth-order valence-corrected chi connectivity index (χ4v) is 2.40. The van der Waals surface area contributed by atoms with E-state index < -0.39 is 0 Å². The Morgan fingerprint density at radius 3 is 2.30 bits per heavy atom. The Bertz CT molecular complexity index is 125. The molecule has 1 aliphatic heterocycles. The van der Waals surface area contributed by atoms with Gasteiger partial charge in [0, 0.05) is 5.25 Å². The van der Waals surface area contributed by atoms with Crippen molar-refractivity contribution in [3.8, 4) is 0 Å². The number of hydrogen-bond donors (Lipinski definition) is 0. The second-order valence-electron chi connectivity index (χ2n) is 3.19. The largest absolute Gasteiger partial charge is 0.306 e. The Hall–Kier alpha value is 0.180. The van der Waals surface area contributed by atoms with Gasteiger partial charge in [0.25, 0.3) is 0 Å². The van der Waals surface area contributed by atoms with Crippen molar-refractivity contribution in [1.29, 1.82) is 0 Å². The Kier molecular flexibility index (Phi) is 2.93. The highest BCUT2D eigenvalue weighted by atomic mass is 32.2. The minimum absolute atomic E-state index is 0.406. The third-order valence-corrected chi connectivity index (χ3v) is 3.84. The predicted octanol–water partition coefficient (Wildman–Crippen LogP) is 1.41. The summed E-state index contributed by atoms with van der Waals surface area (Å²) in [6, 6.07) is 0. The van der Waals surface area contributed by atoms with Crippen molar-refractivity contribution in [2.45, 2.75) is 18.1 Å². The molecule has 1 saturated heterocycles. The molecule has 1 heterocycles. The summed E-state index contributed by atoms with van der Waals surface area (Å²) in [7, 11) is 2.61. The molecule has 1 aliphatic rings. The topological polar surface area (TPSA) is 3.24 Å². The maximum absolute atomic E-state index is 4.10. The summed E-state index contributed by atoms with van der Waals surface area (Å²) in [5, 5.41) is 0.913. The highest BCUT2D eigenvalue weighted by molar-refractivity contribution is 8.14. The van der Waals surface area contributed by atoms with Crippen LogP contribution in [0, 0.1) is 0 Å². The van der Waals surface area contributed by atoms with Crippen molar-refractivity contribution in [2.75, 3.05) is 26.4 Å². The lowest BCUT2D eigenvalue weighted by Gasteiger charge is -2.29. The molecule has 0 aromatic rings. The van der Waals surface area contributed by atoms with Gasteiger partial charge in [-0.1, -0.05) is 5.87 Å². The minimum Gasteiger partial charge on any atom is -0.306 e. The van der Waals surface area contributed by atoms with E-state index >= 15 is 0 Å². The quantitative estimate of drug-likeness (QED) is 0.523. The van der Waals surface area contributed by atoms with Gasteiger partial charge < -0.3 is 4.90 Å². The second-order valence-corrected chi connectivity index (χ2v) is 5.24. The Morgan fingerprint density at radius 1 is 1.40 bits per heavy atom. The van der Waals surface area contributed by atoms with Crippen LogP contribution in [0.25, 0.3) is 0 Å². The van der Waals surface area contributed by atoms with Gasteiger partial charge in [0.05, 0.1) is 0 Å². The lowest BCUT2D eigenvalue weighted by Crippen LogP contribution is -2.31. The molecule has 0 spiro atoms. The van der Waals surface area contributed by atoms with Crippen LogP contribution >= 0.6 is 10.5 Å². The smallest absolute Gasteiger partial charge is 0.00136 e. The van der Waals surface area contributed by atoms with Crippen molar-refractivity contribution in [1.82, 2.24) is 4.90 Å². The number of hydrogen-bond acceptors (Lipinski definition) is 1. The highest BCUT2D eigenvalue weighted by Gasteiger charge is 2.15. The van der Waals surface area contributed by atoms with Crippen molar-refractivity contribution in [2.24, 2.45) is 0 Å². The van der Waals surface area contributed by atoms with Gasteiger partial charge in [-0.2, -0.15) is 10.5 Å². The van der Waals surface area contributed by atoms with Crippen LogP contribution < -0.4 is 0 Å². The summed E-state index contributed by atoms with van der Waals surface area (Å²) in [6.07, 6.45) is 4.98. The van der Waals surface area contributed by atoms with Crippen molar-refractivity contribution in [3.63, 3.8) is 0 Å². The number of piperidine rings is 1. The zero-order valence-corrected chi connectivity index (χ0v) is 7.78. The monoisotopic (exact) mass is 159 g/mol. The molecule has 0 aromatic carbocycles. The van der Waals surface area contributed by atoms with Gasteiger partial charge in [0.15, 0.2) is 0 Å². The van der Waals surface area contributed by atoms with Gasteiger partial charge in [0.2, 0.25) is 0 Å². The summed E-state index contributed by atoms with van der Waals surface area (Å²) >= 11 is 0. The van der Waals surface area contributed by atoms with E-state index in [9.17, 15) is 0 Å². The number of nitrogens with zero attached hydrogens (tertiary/aromatic N) is 1. The Balaban J connectivity index is 2.33. The first-order chi connectivity index (χ1) is 4.70.